The molecular formula is C18H32N4O. The number of nitrogens with one attached hydrogen (secondary N) is 2. The molecule has 0 bridgehead atoms. The fraction of sp³-hybridized carbons (Fsp3) is 0.611. The van der Waals surface area contributed by atoms with Gasteiger partial charge in [-0.3, -0.25) is 4.99 Å². The first kappa shape index (κ1) is 19.3. The van der Waals surface area contributed by atoms with Crippen LogP contribution in [0.5, 0.6) is 5.75 Å². The summed E-state index contributed by atoms with van der Waals surface area (Å²) in [4.78, 5) is 6.40. The van der Waals surface area contributed by atoms with Gasteiger partial charge in [0.1, 0.15) is 5.75 Å². The van der Waals surface area contributed by atoms with Gasteiger partial charge in [-0.2, -0.15) is 0 Å². The van der Waals surface area contributed by atoms with Crippen molar-refractivity contribution in [2.45, 2.75) is 39.3 Å². The van der Waals surface area contributed by atoms with Gasteiger partial charge in [-0.1, -0.05) is 19.1 Å². The van der Waals surface area contributed by atoms with Crippen molar-refractivity contribution in [2.24, 2.45) is 4.99 Å². The molecule has 1 rings (SSSR count). The number of guanidine groups is 1. The highest BCUT2D eigenvalue weighted by molar-refractivity contribution is 5.79. The van der Waals surface area contributed by atoms with E-state index in [2.05, 4.69) is 60.6 Å². The van der Waals surface area contributed by atoms with E-state index >= 15 is 0 Å². The van der Waals surface area contributed by atoms with Crippen LogP contribution in [0.3, 0.4) is 0 Å². The molecule has 0 aliphatic heterocycles. The predicted molar refractivity (Wildman–Crippen MR) is 98.2 cm³/mol. The van der Waals surface area contributed by atoms with Crippen LogP contribution in [0.1, 0.15) is 32.3 Å². The molecule has 2 N–H and O–H groups in total. The number of rotatable bonds is 9. The minimum Gasteiger partial charge on any atom is -0.494 e. The summed E-state index contributed by atoms with van der Waals surface area (Å²) in [6, 6.07) is 8.64. The van der Waals surface area contributed by atoms with Crippen LogP contribution in [0, 0.1) is 0 Å². The van der Waals surface area contributed by atoms with Gasteiger partial charge in [0.05, 0.1) is 6.61 Å². The Morgan fingerprint density at radius 3 is 2.52 bits per heavy atom. The second-order valence-electron chi connectivity index (χ2n) is 6.03. The molecule has 23 heavy (non-hydrogen) atoms. The second kappa shape index (κ2) is 10.9. The molecule has 0 aromatic heterocycles. The molecule has 5 heteroatoms. The average Bonchev–Trinajstić information content (AvgIpc) is 2.56. The highest BCUT2D eigenvalue weighted by atomic mass is 16.5. The van der Waals surface area contributed by atoms with Crippen LogP contribution in [-0.4, -0.2) is 51.2 Å². The maximum atomic E-state index is 5.74. The number of aliphatic imine (C=N–C) groups is 1. The fourth-order valence-corrected chi connectivity index (χ4v) is 1.99. The van der Waals surface area contributed by atoms with E-state index in [1.165, 1.54) is 5.56 Å². The maximum absolute atomic E-state index is 5.74. The first-order valence-electron chi connectivity index (χ1n) is 8.38. The summed E-state index contributed by atoms with van der Waals surface area (Å²) in [5, 5.41) is 6.68. The number of ether oxygens (including phenoxy) is 1. The van der Waals surface area contributed by atoms with Crippen molar-refractivity contribution in [3.05, 3.63) is 29.8 Å². The van der Waals surface area contributed by atoms with E-state index in [1.807, 2.05) is 12.1 Å². The van der Waals surface area contributed by atoms with Gasteiger partial charge in [-0.25, -0.2) is 0 Å². The summed E-state index contributed by atoms with van der Waals surface area (Å²) >= 11 is 0. The van der Waals surface area contributed by atoms with E-state index in [9.17, 15) is 0 Å². The monoisotopic (exact) mass is 320 g/mol. The van der Waals surface area contributed by atoms with Gasteiger partial charge in [-0.05, 0) is 51.6 Å². The summed E-state index contributed by atoms with van der Waals surface area (Å²) in [6.07, 6.45) is 2.11. The van der Waals surface area contributed by atoms with E-state index < -0.39 is 0 Å². The summed E-state index contributed by atoms with van der Waals surface area (Å²) in [6.45, 7) is 6.85. The summed E-state index contributed by atoms with van der Waals surface area (Å²) in [5.41, 5.74) is 1.21. The molecule has 0 fully saturated rings. The zero-order valence-corrected chi connectivity index (χ0v) is 15.2. The minimum atomic E-state index is 0.416. The lowest BCUT2D eigenvalue weighted by molar-refractivity contribution is 0.281. The molecule has 0 aliphatic rings. The van der Waals surface area contributed by atoms with Crippen molar-refractivity contribution in [1.82, 2.24) is 15.5 Å². The predicted octanol–water partition coefficient (Wildman–Crippen LogP) is 2.48. The fourth-order valence-electron chi connectivity index (χ4n) is 1.99. The van der Waals surface area contributed by atoms with Crippen LogP contribution in [-0.2, 0) is 6.54 Å². The van der Waals surface area contributed by atoms with E-state index in [-0.39, 0.29) is 0 Å². The third-order valence-corrected chi connectivity index (χ3v) is 3.62. The number of hydrogen-bond donors (Lipinski definition) is 2. The Morgan fingerprint density at radius 1 is 1.26 bits per heavy atom. The van der Waals surface area contributed by atoms with E-state index in [4.69, 9.17) is 4.74 Å². The molecule has 130 valence electrons. The summed E-state index contributed by atoms with van der Waals surface area (Å²) in [7, 11) is 5.94. The van der Waals surface area contributed by atoms with Crippen molar-refractivity contribution in [1.29, 1.82) is 0 Å². The lowest BCUT2D eigenvalue weighted by Gasteiger charge is -2.16. The molecule has 0 aliphatic carbocycles. The van der Waals surface area contributed by atoms with Crippen LogP contribution in [0.25, 0.3) is 0 Å². The Kier molecular flexibility index (Phi) is 9.14. The van der Waals surface area contributed by atoms with Gasteiger partial charge in [0.2, 0.25) is 0 Å². The smallest absolute Gasteiger partial charge is 0.191 e. The van der Waals surface area contributed by atoms with E-state index in [0.717, 1.165) is 44.2 Å². The van der Waals surface area contributed by atoms with Crippen molar-refractivity contribution in [3.8, 4) is 5.75 Å². The lowest BCUT2D eigenvalue weighted by Crippen LogP contribution is -2.41. The van der Waals surface area contributed by atoms with Gasteiger partial charge < -0.3 is 20.3 Å². The highest BCUT2D eigenvalue weighted by Crippen LogP contribution is 2.12. The van der Waals surface area contributed by atoms with Crippen LogP contribution in [0.2, 0.25) is 0 Å². The summed E-state index contributed by atoms with van der Waals surface area (Å²) in [5.74, 6) is 1.76. The molecular weight excluding hydrogens is 288 g/mol. The molecule has 1 aromatic carbocycles. The first-order valence-corrected chi connectivity index (χ1v) is 8.38. The van der Waals surface area contributed by atoms with Gasteiger partial charge in [0.25, 0.3) is 0 Å². The summed E-state index contributed by atoms with van der Waals surface area (Å²) < 4.78 is 5.74. The van der Waals surface area contributed by atoms with Crippen LogP contribution >= 0.6 is 0 Å². The van der Waals surface area contributed by atoms with Crippen molar-refractivity contribution < 1.29 is 4.74 Å². The minimum absolute atomic E-state index is 0.416. The second-order valence-corrected chi connectivity index (χ2v) is 6.03. The van der Waals surface area contributed by atoms with Gasteiger partial charge in [-0.15, -0.1) is 0 Å². The SMILES string of the molecule is CCC(C)NC(=NC)NCc1ccc(OCCCN(C)C)cc1. The van der Waals surface area contributed by atoms with Gasteiger partial charge >= 0.3 is 0 Å². The molecule has 0 amide bonds. The largest absolute Gasteiger partial charge is 0.494 e. The maximum Gasteiger partial charge on any atom is 0.191 e. The third kappa shape index (κ3) is 8.45. The molecule has 0 heterocycles. The molecule has 1 unspecified atom stereocenters. The standard InChI is InChI=1S/C18H32N4O/c1-6-15(2)21-18(19-3)20-14-16-8-10-17(11-9-16)23-13-7-12-22(4)5/h8-11,15H,6-7,12-14H2,1-5H3,(H2,19,20,21). The topological polar surface area (TPSA) is 48.9 Å². The Hall–Kier alpha value is -1.75. The van der Waals surface area contributed by atoms with Crippen LogP contribution < -0.4 is 15.4 Å². The lowest BCUT2D eigenvalue weighted by atomic mass is 10.2. The van der Waals surface area contributed by atoms with Crippen LogP contribution in [0.15, 0.2) is 29.3 Å². The zero-order valence-electron chi connectivity index (χ0n) is 15.2. The average molecular weight is 320 g/mol. The molecule has 5 nitrogen and oxygen atoms in total. The first-order chi connectivity index (χ1) is 11.0. The molecule has 0 saturated heterocycles. The van der Waals surface area contributed by atoms with E-state index in [0.29, 0.717) is 6.04 Å². The number of nitrogens with zero attached hydrogens (tertiary/aromatic N) is 2. The quantitative estimate of drug-likeness (QED) is 0.417. The normalized spacial score (nSPS) is 13.0. The van der Waals surface area contributed by atoms with Crippen molar-refractivity contribution >= 4 is 5.96 Å². The van der Waals surface area contributed by atoms with Crippen LogP contribution in [0.4, 0.5) is 0 Å². The third-order valence-electron chi connectivity index (χ3n) is 3.62. The van der Waals surface area contributed by atoms with Crippen molar-refractivity contribution in [3.63, 3.8) is 0 Å². The number of benzene rings is 1. The number of hydrogen-bond acceptors (Lipinski definition) is 3. The molecule has 0 spiro atoms. The Morgan fingerprint density at radius 2 is 1.96 bits per heavy atom. The molecule has 1 atom stereocenters. The zero-order chi connectivity index (χ0) is 17.1. The Labute approximate surface area is 141 Å². The van der Waals surface area contributed by atoms with Crippen molar-refractivity contribution in [2.75, 3.05) is 34.3 Å². The highest BCUT2D eigenvalue weighted by Gasteiger charge is 2.03. The Bertz CT molecular complexity index is 457. The molecule has 1 aromatic rings. The molecule has 0 radical (unpaired) electrons. The van der Waals surface area contributed by atoms with Gasteiger partial charge in [0.15, 0.2) is 5.96 Å². The van der Waals surface area contributed by atoms with E-state index in [1.54, 1.807) is 7.05 Å². The van der Waals surface area contributed by atoms with Gasteiger partial charge in [0, 0.05) is 26.2 Å². The Balaban J connectivity index is 2.35. The molecule has 0 saturated carbocycles.